The van der Waals surface area contributed by atoms with E-state index in [9.17, 15) is 0 Å². The normalized spacial score (nSPS) is 29.4. The van der Waals surface area contributed by atoms with Gasteiger partial charge in [0.25, 0.3) is 0 Å². The molecule has 1 unspecified atom stereocenters. The van der Waals surface area contributed by atoms with E-state index in [1.165, 1.54) is 0 Å². The molecule has 2 nitrogen and oxygen atoms in total. The van der Waals surface area contributed by atoms with E-state index >= 15 is 0 Å². The van der Waals surface area contributed by atoms with Crippen molar-refractivity contribution < 1.29 is 0 Å². The lowest BCUT2D eigenvalue weighted by Crippen LogP contribution is -2.26. The summed E-state index contributed by atoms with van der Waals surface area (Å²) in [6.45, 7) is 0. The molecule has 0 saturated carbocycles. The zero-order valence-corrected chi connectivity index (χ0v) is 4.92. The van der Waals surface area contributed by atoms with E-state index in [4.69, 9.17) is 23.2 Å². The van der Waals surface area contributed by atoms with Crippen molar-refractivity contribution in [2.45, 2.75) is 5.50 Å². The summed E-state index contributed by atoms with van der Waals surface area (Å²) >= 11 is 11.0. The topological polar surface area (TPSA) is 24.1 Å². The Kier molecular flexibility index (Phi) is 1.42. The maximum Gasteiger partial charge on any atom is 0.137 e. The van der Waals surface area contributed by atoms with Gasteiger partial charge in [0.1, 0.15) is 5.50 Å². The number of alkyl halides is 1. The summed E-state index contributed by atoms with van der Waals surface area (Å²) in [6.07, 6.45) is 1.61. The van der Waals surface area contributed by atoms with E-state index in [2.05, 4.69) is 10.9 Å². The maximum absolute atomic E-state index is 5.49. The Balaban J connectivity index is 2.54. The van der Waals surface area contributed by atoms with Gasteiger partial charge in [0.05, 0.1) is 5.03 Å². The van der Waals surface area contributed by atoms with Crippen molar-refractivity contribution in [2.75, 3.05) is 0 Å². The number of hydrazine groups is 1. The second-order valence-corrected chi connectivity index (χ2v) is 2.05. The SMILES string of the molecule is ClC1=CNNC1Cl. The van der Waals surface area contributed by atoms with Gasteiger partial charge in [0.2, 0.25) is 0 Å². The molecule has 0 aromatic carbocycles. The molecule has 1 atom stereocenters. The third-order valence-corrected chi connectivity index (χ3v) is 1.45. The third kappa shape index (κ3) is 0.996. The first kappa shape index (κ1) is 5.22. The van der Waals surface area contributed by atoms with Crippen LogP contribution in [0.5, 0.6) is 0 Å². The van der Waals surface area contributed by atoms with Crippen molar-refractivity contribution in [2.24, 2.45) is 0 Å². The van der Waals surface area contributed by atoms with Gasteiger partial charge >= 0.3 is 0 Å². The van der Waals surface area contributed by atoms with Crippen molar-refractivity contribution >= 4 is 23.2 Å². The predicted octanol–water partition coefficient (Wildman–Crippen LogP) is 0.739. The van der Waals surface area contributed by atoms with Gasteiger partial charge in [-0.1, -0.05) is 23.2 Å². The molecule has 0 amide bonds. The summed E-state index contributed by atoms with van der Waals surface area (Å²) in [6, 6.07) is 0. The number of hydrogen-bond donors (Lipinski definition) is 2. The van der Waals surface area contributed by atoms with Crippen molar-refractivity contribution in [3.63, 3.8) is 0 Å². The van der Waals surface area contributed by atoms with Gasteiger partial charge in [-0.05, 0) is 0 Å². The Morgan fingerprint density at radius 3 is 2.57 bits per heavy atom. The Hall–Kier alpha value is 0.0800. The summed E-state index contributed by atoms with van der Waals surface area (Å²) in [5.41, 5.74) is 5.06. The second kappa shape index (κ2) is 1.90. The minimum atomic E-state index is -0.248. The molecular formula is C3H4Cl2N2. The van der Waals surface area contributed by atoms with Crippen molar-refractivity contribution in [3.8, 4) is 0 Å². The van der Waals surface area contributed by atoms with Gasteiger partial charge in [-0.15, -0.1) is 0 Å². The Morgan fingerprint density at radius 1 is 1.71 bits per heavy atom. The highest BCUT2D eigenvalue weighted by Crippen LogP contribution is 2.12. The molecule has 0 aromatic heterocycles. The molecule has 0 saturated heterocycles. The van der Waals surface area contributed by atoms with Gasteiger partial charge in [-0.2, -0.15) is 0 Å². The monoisotopic (exact) mass is 138 g/mol. The zero-order chi connectivity index (χ0) is 5.28. The van der Waals surface area contributed by atoms with Crippen LogP contribution >= 0.6 is 23.2 Å². The van der Waals surface area contributed by atoms with Gasteiger partial charge in [-0.25, -0.2) is 5.43 Å². The predicted molar refractivity (Wildman–Crippen MR) is 29.8 cm³/mol. The molecule has 4 heteroatoms. The lowest BCUT2D eigenvalue weighted by molar-refractivity contribution is 0.691. The number of nitrogens with one attached hydrogen (secondary N) is 2. The van der Waals surface area contributed by atoms with Gasteiger partial charge in [0.15, 0.2) is 0 Å². The maximum atomic E-state index is 5.49. The van der Waals surface area contributed by atoms with Crippen LogP contribution in [0, 0.1) is 0 Å². The summed E-state index contributed by atoms with van der Waals surface area (Å²) in [4.78, 5) is 0. The summed E-state index contributed by atoms with van der Waals surface area (Å²) in [5, 5.41) is 0.599. The fourth-order valence-electron chi connectivity index (χ4n) is 0.326. The first-order valence-corrected chi connectivity index (χ1v) is 2.63. The molecule has 1 aliphatic heterocycles. The van der Waals surface area contributed by atoms with Gasteiger partial charge in [0, 0.05) is 6.20 Å². The first-order chi connectivity index (χ1) is 3.30. The molecule has 0 fully saturated rings. The Morgan fingerprint density at radius 2 is 2.43 bits per heavy atom. The van der Waals surface area contributed by atoms with Gasteiger partial charge < -0.3 is 5.43 Å². The molecule has 0 aromatic rings. The Labute approximate surface area is 51.5 Å². The van der Waals surface area contributed by atoms with Crippen LogP contribution in [0.25, 0.3) is 0 Å². The molecule has 0 aliphatic carbocycles. The highest BCUT2D eigenvalue weighted by Gasteiger charge is 2.11. The van der Waals surface area contributed by atoms with Crippen molar-refractivity contribution in [1.82, 2.24) is 10.9 Å². The van der Waals surface area contributed by atoms with Crippen LogP contribution in [0.15, 0.2) is 11.2 Å². The van der Waals surface area contributed by atoms with Crippen molar-refractivity contribution in [1.29, 1.82) is 0 Å². The fraction of sp³-hybridized carbons (Fsp3) is 0.333. The smallest absolute Gasteiger partial charge is 0.137 e. The molecule has 0 spiro atoms. The highest BCUT2D eigenvalue weighted by molar-refractivity contribution is 6.37. The molecule has 2 N–H and O–H groups in total. The lowest BCUT2D eigenvalue weighted by Gasteiger charge is -1.96. The standard InChI is InChI=1S/C3H4Cl2N2/c4-2-1-6-7-3(2)5/h1,3,6-7H. The van der Waals surface area contributed by atoms with E-state index in [0.29, 0.717) is 5.03 Å². The number of hydrogen-bond acceptors (Lipinski definition) is 2. The minimum absolute atomic E-state index is 0.248. The summed E-state index contributed by atoms with van der Waals surface area (Å²) in [7, 11) is 0. The largest absolute Gasteiger partial charge is 0.326 e. The zero-order valence-electron chi connectivity index (χ0n) is 3.41. The summed E-state index contributed by atoms with van der Waals surface area (Å²) < 4.78 is 0. The van der Waals surface area contributed by atoms with Crippen LogP contribution in [0.2, 0.25) is 0 Å². The summed E-state index contributed by atoms with van der Waals surface area (Å²) in [5.74, 6) is 0. The molecule has 1 aliphatic rings. The number of halogens is 2. The van der Waals surface area contributed by atoms with Gasteiger partial charge in [-0.3, -0.25) is 0 Å². The fourth-order valence-corrected chi connectivity index (χ4v) is 0.561. The first-order valence-electron chi connectivity index (χ1n) is 1.81. The molecule has 0 radical (unpaired) electrons. The molecule has 1 heterocycles. The van der Waals surface area contributed by atoms with E-state index in [1.807, 2.05) is 0 Å². The molecular weight excluding hydrogens is 135 g/mol. The lowest BCUT2D eigenvalue weighted by atomic mass is 10.6. The molecule has 40 valence electrons. The van der Waals surface area contributed by atoms with E-state index in [0.717, 1.165) is 0 Å². The van der Waals surface area contributed by atoms with Crippen LogP contribution in [0.1, 0.15) is 0 Å². The van der Waals surface area contributed by atoms with E-state index in [1.54, 1.807) is 6.20 Å². The average Bonchev–Trinajstić information content (AvgIpc) is 1.91. The van der Waals surface area contributed by atoms with E-state index in [-0.39, 0.29) is 5.50 Å². The van der Waals surface area contributed by atoms with Crippen molar-refractivity contribution in [3.05, 3.63) is 11.2 Å². The molecule has 1 rings (SSSR count). The Bertz CT molecular complexity index is 101. The molecule has 7 heavy (non-hydrogen) atoms. The van der Waals surface area contributed by atoms with Crippen LogP contribution in [-0.4, -0.2) is 5.50 Å². The molecule has 0 bridgehead atoms. The average molecular weight is 139 g/mol. The van der Waals surface area contributed by atoms with Crippen LogP contribution in [0.3, 0.4) is 0 Å². The third-order valence-electron chi connectivity index (χ3n) is 0.662. The highest BCUT2D eigenvalue weighted by atomic mass is 35.5. The quantitative estimate of drug-likeness (QED) is 0.382. The minimum Gasteiger partial charge on any atom is -0.326 e. The van der Waals surface area contributed by atoms with Crippen LogP contribution in [-0.2, 0) is 0 Å². The van der Waals surface area contributed by atoms with Crippen LogP contribution in [0.4, 0.5) is 0 Å². The number of rotatable bonds is 0. The van der Waals surface area contributed by atoms with Crippen LogP contribution < -0.4 is 10.9 Å². The van der Waals surface area contributed by atoms with E-state index < -0.39 is 0 Å². The second-order valence-electron chi connectivity index (χ2n) is 1.18.